The number of hydrogen-bond acceptors (Lipinski definition) is 3. The first-order chi connectivity index (χ1) is 11.7. The van der Waals surface area contributed by atoms with E-state index in [9.17, 15) is 10.2 Å². The van der Waals surface area contributed by atoms with E-state index in [1.54, 1.807) is 0 Å². The van der Waals surface area contributed by atoms with Crippen LogP contribution in [-0.4, -0.2) is 16.3 Å². The molecule has 3 aromatic rings. The lowest BCUT2D eigenvalue weighted by atomic mass is 9.95. The van der Waals surface area contributed by atoms with Gasteiger partial charge in [-0.05, 0) is 46.4 Å². The molecule has 1 atom stereocenters. The molecule has 0 aliphatic heterocycles. The van der Waals surface area contributed by atoms with Crippen LogP contribution in [0.3, 0.4) is 0 Å². The number of aliphatic hydroxyl groups excluding tert-OH is 2. The third kappa shape index (κ3) is 3.81. The predicted octanol–water partition coefficient (Wildman–Crippen LogP) is 4.16. The van der Waals surface area contributed by atoms with Gasteiger partial charge in [-0.3, -0.25) is 0 Å². The van der Waals surface area contributed by atoms with Gasteiger partial charge in [-0.15, -0.1) is 12.6 Å². The molecule has 0 saturated carbocycles. The average Bonchev–Trinajstić information content (AvgIpc) is 2.62. The van der Waals surface area contributed by atoms with Crippen LogP contribution < -0.4 is 0 Å². The lowest BCUT2D eigenvalue weighted by Crippen LogP contribution is -2.13. The number of benzene rings is 3. The third-order valence-electron chi connectivity index (χ3n) is 4.49. The van der Waals surface area contributed by atoms with Crippen LogP contribution in [0.5, 0.6) is 0 Å². The fourth-order valence-electron chi connectivity index (χ4n) is 3.15. The topological polar surface area (TPSA) is 40.5 Å². The monoisotopic (exact) mass is 338 g/mol. The van der Waals surface area contributed by atoms with E-state index >= 15 is 0 Å². The van der Waals surface area contributed by atoms with Crippen molar-refractivity contribution >= 4 is 23.4 Å². The summed E-state index contributed by atoms with van der Waals surface area (Å²) in [5, 5.41) is 22.2. The first-order valence-corrected chi connectivity index (χ1v) is 8.69. The summed E-state index contributed by atoms with van der Waals surface area (Å²) < 4.78 is 0. The molecule has 0 radical (unpaired) electrons. The highest BCUT2D eigenvalue weighted by atomic mass is 32.1. The molecule has 24 heavy (non-hydrogen) atoms. The Bertz CT molecular complexity index is 829. The van der Waals surface area contributed by atoms with Crippen LogP contribution in [0.25, 0.3) is 10.8 Å². The minimum absolute atomic E-state index is 0.0381. The predicted molar refractivity (Wildman–Crippen MR) is 102 cm³/mol. The highest BCUT2D eigenvalue weighted by Crippen LogP contribution is 2.27. The molecule has 3 heteroatoms. The molecular formula is C21H22O2S. The van der Waals surface area contributed by atoms with Crippen LogP contribution >= 0.6 is 12.6 Å². The van der Waals surface area contributed by atoms with Crippen molar-refractivity contribution < 1.29 is 10.2 Å². The maximum absolute atomic E-state index is 10.5. The standard InChI is InChI=1S/C21H22O2S/c22-14-17-7-2-1-5-15(17)9-11-18(23)13-20-19-8-4-3-6-16(19)10-12-21(20)24/h1-8,10,12,18,22-24H,9,11,13-14H2. The Kier molecular flexibility index (Phi) is 5.56. The van der Waals surface area contributed by atoms with Gasteiger partial charge in [0.25, 0.3) is 0 Å². The molecule has 2 nitrogen and oxygen atoms in total. The van der Waals surface area contributed by atoms with Crippen molar-refractivity contribution in [3.8, 4) is 0 Å². The second kappa shape index (κ2) is 7.84. The zero-order chi connectivity index (χ0) is 16.9. The molecule has 124 valence electrons. The number of rotatable bonds is 6. The molecule has 1 unspecified atom stereocenters. The Hall–Kier alpha value is -1.81. The number of hydrogen-bond donors (Lipinski definition) is 3. The Balaban J connectivity index is 1.73. The molecule has 2 N–H and O–H groups in total. The molecule has 0 fully saturated rings. The van der Waals surface area contributed by atoms with Crippen molar-refractivity contribution in [2.24, 2.45) is 0 Å². The maximum Gasteiger partial charge on any atom is 0.0684 e. The van der Waals surface area contributed by atoms with Crippen LogP contribution in [0.15, 0.2) is 65.6 Å². The van der Waals surface area contributed by atoms with E-state index in [1.165, 1.54) is 5.39 Å². The van der Waals surface area contributed by atoms with Crippen molar-refractivity contribution in [1.82, 2.24) is 0 Å². The summed E-state index contributed by atoms with van der Waals surface area (Å²) >= 11 is 4.57. The van der Waals surface area contributed by atoms with E-state index in [1.807, 2.05) is 42.5 Å². The lowest BCUT2D eigenvalue weighted by molar-refractivity contribution is 0.164. The molecule has 0 bridgehead atoms. The van der Waals surface area contributed by atoms with Gasteiger partial charge in [-0.2, -0.15) is 0 Å². The Labute approximate surface area is 148 Å². The summed E-state index contributed by atoms with van der Waals surface area (Å²) in [7, 11) is 0. The van der Waals surface area contributed by atoms with Crippen molar-refractivity contribution in [1.29, 1.82) is 0 Å². The largest absolute Gasteiger partial charge is 0.393 e. The van der Waals surface area contributed by atoms with Crippen LogP contribution in [0.4, 0.5) is 0 Å². The van der Waals surface area contributed by atoms with Gasteiger partial charge in [-0.25, -0.2) is 0 Å². The molecule has 0 saturated heterocycles. The smallest absolute Gasteiger partial charge is 0.0684 e. The van der Waals surface area contributed by atoms with Gasteiger partial charge >= 0.3 is 0 Å². The van der Waals surface area contributed by atoms with Crippen molar-refractivity contribution in [2.45, 2.75) is 36.9 Å². The molecule has 3 aromatic carbocycles. The van der Waals surface area contributed by atoms with E-state index in [-0.39, 0.29) is 6.61 Å². The van der Waals surface area contributed by atoms with Gasteiger partial charge in [-0.1, -0.05) is 54.6 Å². The summed E-state index contributed by atoms with van der Waals surface area (Å²) in [6.45, 7) is 0.0381. The minimum atomic E-state index is -0.437. The zero-order valence-electron chi connectivity index (χ0n) is 13.5. The molecule has 0 heterocycles. The van der Waals surface area contributed by atoms with Gasteiger partial charge in [0.05, 0.1) is 12.7 Å². The summed E-state index contributed by atoms with van der Waals surface area (Å²) in [4.78, 5) is 0.920. The molecule has 0 aliphatic carbocycles. The van der Waals surface area contributed by atoms with E-state index in [0.717, 1.165) is 33.4 Å². The van der Waals surface area contributed by atoms with Crippen molar-refractivity contribution in [2.75, 3.05) is 0 Å². The first kappa shape index (κ1) is 17.0. The number of aliphatic hydroxyl groups is 2. The quantitative estimate of drug-likeness (QED) is 0.591. The first-order valence-electron chi connectivity index (χ1n) is 8.24. The Morgan fingerprint density at radius 3 is 2.38 bits per heavy atom. The summed E-state index contributed by atoms with van der Waals surface area (Å²) in [5.41, 5.74) is 3.13. The second-order valence-corrected chi connectivity index (χ2v) is 6.59. The lowest BCUT2D eigenvalue weighted by Gasteiger charge is -2.15. The van der Waals surface area contributed by atoms with Crippen LogP contribution in [0, 0.1) is 0 Å². The van der Waals surface area contributed by atoms with Crippen LogP contribution in [0.1, 0.15) is 23.1 Å². The van der Waals surface area contributed by atoms with Gasteiger partial charge in [0.15, 0.2) is 0 Å². The molecule has 0 aromatic heterocycles. The number of aryl methyl sites for hydroxylation is 1. The third-order valence-corrected chi connectivity index (χ3v) is 4.91. The molecule has 0 spiro atoms. The van der Waals surface area contributed by atoms with Crippen molar-refractivity contribution in [3.63, 3.8) is 0 Å². The van der Waals surface area contributed by atoms with E-state index in [2.05, 4.69) is 30.8 Å². The minimum Gasteiger partial charge on any atom is -0.393 e. The van der Waals surface area contributed by atoms with Gasteiger partial charge in [0.2, 0.25) is 0 Å². The van der Waals surface area contributed by atoms with Gasteiger partial charge in [0.1, 0.15) is 0 Å². The molecule has 0 amide bonds. The SMILES string of the molecule is OCc1ccccc1CCC(O)Cc1c(S)ccc2ccccc12. The Morgan fingerprint density at radius 1 is 0.875 bits per heavy atom. The number of thiol groups is 1. The fraction of sp³-hybridized carbons (Fsp3) is 0.238. The van der Waals surface area contributed by atoms with E-state index < -0.39 is 6.10 Å². The average molecular weight is 338 g/mol. The van der Waals surface area contributed by atoms with E-state index in [0.29, 0.717) is 12.8 Å². The molecular weight excluding hydrogens is 316 g/mol. The summed E-state index contributed by atoms with van der Waals surface area (Å²) in [6, 6.07) is 20.1. The zero-order valence-corrected chi connectivity index (χ0v) is 14.4. The van der Waals surface area contributed by atoms with Crippen molar-refractivity contribution in [3.05, 3.63) is 77.4 Å². The van der Waals surface area contributed by atoms with E-state index in [4.69, 9.17) is 0 Å². The summed E-state index contributed by atoms with van der Waals surface area (Å²) in [5.74, 6) is 0. The molecule has 3 rings (SSSR count). The Morgan fingerprint density at radius 2 is 1.58 bits per heavy atom. The summed E-state index contributed by atoms with van der Waals surface area (Å²) in [6.07, 6.45) is 1.56. The normalized spacial score (nSPS) is 12.5. The number of fused-ring (bicyclic) bond motifs is 1. The fourth-order valence-corrected chi connectivity index (χ4v) is 3.44. The highest BCUT2D eigenvalue weighted by Gasteiger charge is 2.12. The van der Waals surface area contributed by atoms with Gasteiger partial charge in [0, 0.05) is 11.3 Å². The van der Waals surface area contributed by atoms with Gasteiger partial charge < -0.3 is 10.2 Å². The van der Waals surface area contributed by atoms with Crippen LogP contribution in [-0.2, 0) is 19.4 Å². The molecule has 0 aliphatic rings. The maximum atomic E-state index is 10.5. The van der Waals surface area contributed by atoms with Crippen LogP contribution in [0.2, 0.25) is 0 Å². The second-order valence-electron chi connectivity index (χ2n) is 6.11. The highest BCUT2D eigenvalue weighted by molar-refractivity contribution is 7.80.